The van der Waals surface area contributed by atoms with Crippen molar-refractivity contribution < 1.29 is 4.74 Å². The minimum atomic E-state index is 0.634. The van der Waals surface area contributed by atoms with Crippen LogP contribution in [-0.4, -0.2) is 13.7 Å². The molecule has 2 heteroatoms. The van der Waals surface area contributed by atoms with Crippen LogP contribution in [0.25, 0.3) is 5.57 Å². The molecule has 2 rings (SSSR count). The van der Waals surface area contributed by atoms with Crippen molar-refractivity contribution in [3.63, 3.8) is 0 Å². The maximum Gasteiger partial charge on any atom is 0.0713 e. The zero-order valence-corrected chi connectivity index (χ0v) is 11.2. The Morgan fingerprint density at radius 2 is 1.89 bits per heavy atom. The largest absolute Gasteiger partial charge is 0.381 e. The third-order valence-corrected chi connectivity index (χ3v) is 2.93. The molecular weight excluding hydrogens is 234 g/mol. The van der Waals surface area contributed by atoms with Crippen LogP contribution >= 0.6 is 0 Å². The van der Waals surface area contributed by atoms with Gasteiger partial charge < -0.3 is 10.1 Å². The van der Waals surface area contributed by atoms with Gasteiger partial charge in [-0.3, -0.25) is 0 Å². The highest BCUT2D eigenvalue weighted by Gasteiger charge is 1.99. The van der Waals surface area contributed by atoms with E-state index in [4.69, 9.17) is 4.74 Å². The van der Waals surface area contributed by atoms with Crippen molar-refractivity contribution in [3.8, 4) is 0 Å². The van der Waals surface area contributed by atoms with Crippen molar-refractivity contribution in [3.05, 3.63) is 72.3 Å². The lowest BCUT2D eigenvalue weighted by atomic mass is 10.1. The monoisotopic (exact) mass is 253 g/mol. The summed E-state index contributed by atoms with van der Waals surface area (Å²) in [7, 11) is 1.71. The molecule has 2 aromatic rings. The maximum absolute atomic E-state index is 5.13. The lowest BCUT2D eigenvalue weighted by Gasteiger charge is -2.10. The molecule has 1 N–H and O–H groups in total. The second kappa shape index (κ2) is 6.76. The van der Waals surface area contributed by atoms with Gasteiger partial charge >= 0.3 is 0 Å². The molecular formula is C17H19NO. The zero-order chi connectivity index (χ0) is 13.5. The molecule has 0 unspecified atom stereocenters. The van der Waals surface area contributed by atoms with E-state index >= 15 is 0 Å². The summed E-state index contributed by atoms with van der Waals surface area (Å²) in [4.78, 5) is 0. The van der Waals surface area contributed by atoms with Gasteiger partial charge in [0, 0.05) is 19.3 Å². The molecule has 0 saturated carbocycles. The Hall–Kier alpha value is -2.06. The van der Waals surface area contributed by atoms with Crippen molar-refractivity contribution in [1.82, 2.24) is 0 Å². The smallest absolute Gasteiger partial charge is 0.0713 e. The van der Waals surface area contributed by atoms with Crippen LogP contribution in [0, 0.1) is 0 Å². The molecule has 0 bridgehead atoms. The number of hydrogen-bond acceptors (Lipinski definition) is 2. The summed E-state index contributed by atoms with van der Waals surface area (Å²) in [5.74, 6) is 0. The van der Waals surface area contributed by atoms with E-state index in [1.165, 1.54) is 5.56 Å². The van der Waals surface area contributed by atoms with Crippen molar-refractivity contribution in [2.75, 3.05) is 19.0 Å². The first-order valence-electron chi connectivity index (χ1n) is 6.34. The predicted octanol–water partition coefficient (Wildman–Crippen LogP) is 3.96. The summed E-state index contributed by atoms with van der Waals surface area (Å²) in [6.07, 6.45) is 0. The molecule has 0 heterocycles. The van der Waals surface area contributed by atoms with Crippen LogP contribution in [0.2, 0.25) is 0 Å². The molecule has 98 valence electrons. The number of ether oxygens (including phenoxy) is 1. The van der Waals surface area contributed by atoms with Gasteiger partial charge in [-0.05, 0) is 28.8 Å². The molecule has 0 aliphatic carbocycles. The Balaban J connectivity index is 1.95. The van der Waals surface area contributed by atoms with E-state index in [0.29, 0.717) is 6.61 Å². The van der Waals surface area contributed by atoms with Gasteiger partial charge in [-0.25, -0.2) is 0 Å². The summed E-state index contributed by atoms with van der Waals surface area (Å²) >= 11 is 0. The highest BCUT2D eigenvalue weighted by Crippen LogP contribution is 2.15. The maximum atomic E-state index is 5.13. The van der Waals surface area contributed by atoms with E-state index in [-0.39, 0.29) is 0 Å². The quantitative estimate of drug-likeness (QED) is 0.841. The normalized spacial score (nSPS) is 10.2. The number of anilines is 1. The van der Waals surface area contributed by atoms with Gasteiger partial charge in [0.25, 0.3) is 0 Å². The third kappa shape index (κ3) is 3.97. The van der Waals surface area contributed by atoms with Gasteiger partial charge in [-0.2, -0.15) is 0 Å². The fourth-order valence-corrected chi connectivity index (χ4v) is 1.92. The highest BCUT2D eigenvalue weighted by atomic mass is 16.5. The third-order valence-electron chi connectivity index (χ3n) is 2.93. The molecule has 0 saturated heterocycles. The first-order chi connectivity index (χ1) is 9.29. The number of methoxy groups -OCH3 is 1. The van der Waals surface area contributed by atoms with Crippen LogP contribution in [0.4, 0.5) is 5.69 Å². The first kappa shape index (κ1) is 13.4. The van der Waals surface area contributed by atoms with E-state index < -0.39 is 0 Å². The molecule has 2 aromatic carbocycles. The molecule has 19 heavy (non-hydrogen) atoms. The highest BCUT2D eigenvalue weighted by molar-refractivity contribution is 5.67. The summed E-state index contributed by atoms with van der Waals surface area (Å²) in [5, 5.41) is 3.39. The molecule has 0 atom stereocenters. The molecule has 0 aliphatic heterocycles. The van der Waals surface area contributed by atoms with Crippen LogP contribution < -0.4 is 5.32 Å². The number of benzene rings is 2. The number of nitrogens with one attached hydrogen (secondary N) is 1. The Morgan fingerprint density at radius 1 is 1.11 bits per heavy atom. The van der Waals surface area contributed by atoms with E-state index in [0.717, 1.165) is 23.4 Å². The molecule has 0 spiro atoms. The van der Waals surface area contributed by atoms with Gasteiger partial charge in [0.15, 0.2) is 0 Å². The van der Waals surface area contributed by atoms with Crippen LogP contribution in [0.1, 0.15) is 11.1 Å². The van der Waals surface area contributed by atoms with Crippen LogP contribution in [-0.2, 0) is 11.3 Å². The van der Waals surface area contributed by atoms with Crippen LogP contribution in [0.3, 0.4) is 0 Å². The van der Waals surface area contributed by atoms with Crippen molar-refractivity contribution >= 4 is 11.3 Å². The van der Waals surface area contributed by atoms with Gasteiger partial charge in [0.2, 0.25) is 0 Å². The Kier molecular flexibility index (Phi) is 4.76. The summed E-state index contributed by atoms with van der Waals surface area (Å²) < 4.78 is 5.13. The lowest BCUT2D eigenvalue weighted by molar-refractivity contribution is 0.185. The fourth-order valence-electron chi connectivity index (χ4n) is 1.92. The van der Waals surface area contributed by atoms with Crippen molar-refractivity contribution in [2.45, 2.75) is 6.61 Å². The SMILES string of the molecule is C=C(CNc1cccc(COC)c1)c1ccccc1. The van der Waals surface area contributed by atoms with E-state index in [9.17, 15) is 0 Å². The molecule has 0 fully saturated rings. The van der Waals surface area contributed by atoms with Crippen molar-refractivity contribution in [1.29, 1.82) is 0 Å². The number of hydrogen-bond donors (Lipinski definition) is 1. The topological polar surface area (TPSA) is 21.3 Å². The molecule has 0 aromatic heterocycles. The second-order valence-corrected chi connectivity index (χ2v) is 4.46. The second-order valence-electron chi connectivity index (χ2n) is 4.46. The average Bonchev–Trinajstić information content (AvgIpc) is 2.46. The van der Waals surface area contributed by atoms with E-state index in [2.05, 4.69) is 42.2 Å². The van der Waals surface area contributed by atoms with Crippen LogP contribution in [0.15, 0.2) is 61.2 Å². The van der Waals surface area contributed by atoms with Crippen LogP contribution in [0.5, 0.6) is 0 Å². The Labute approximate surface area is 114 Å². The van der Waals surface area contributed by atoms with E-state index in [1.54, 1.807) is 7.11 Å². The van der Waals surface area contributed by atoms with Gasteiger partial charge in [0.05, 0.1) is 6.61 Å². The minimum absolute atomic E-state index is 0.634. The van der Waals surface area contributed by atoms with E-state index in [1.807, 2.05) is 24.3 Å². The summed E-state index contributed by atoms with van der Waals surface area (Å²) in [6.45, 7) is 5.48. The minimum Gasteiger partial charge on any atom is -0.381 e. The predicted molar refractivity (Wildman–Crippen MR) is 81.1 cm³/mol. The Bertz CT molecular complexity index is 534. The Morgan fingerprint density at radius 3 is 2.63 bits per heavy atom. The van der Waals surface area contributed by atoms with Gasteiger partial charge in [0.1, 0.15) is 0 Å². The summed E-state index contributed by atoms with van der Waals surface area (Å²) in [5.41, 5.74) is 4.50. The molecule has 2 nitrogen and oxygen atoms in total. The molecule has 0 amide bonds. The van der Waals surface area contributed by atoms with Gasteiger partial charge in [-0.15, -0.1) is 0 Å². The molecule has 0 radical (unpaired) electrons. The molecule has 0 aliphatic rings. The lowest BCUT2D eigenvalue weighted by Crippen LogP contribution is -2.03. The standard InChI is InChI=1S/C17H19NO/c1-14(16-8-4-3-5-9-16)12-18-17-10-6-7-15(11-17)13-19-2/h3-11,18H,1,12-13H2,2H3. The first-order valence-corrected chi connectivity index (χ1v) is 6.34. The average molecular weight is 253 g/mol. The number of rotatable bonds is 6. The zero-order valence-electron chi connectivity index (χ0n) is 11.2. The summed E-state index contributed by atoms with van der Waals surface area (Å²) in [6, 6.07) is 18.5. The fraction of sp³-hybridized carbons (Fsp3) is 0.176. The van der Waals surface area contributed by atoms with Crippen molar-refractivity contribution in [2.24, 2.45) is 0 Å². The van der Waals surface area contributed by atoms with Gasteiger partial charge in [-0.1, -0.05) is 49.0 Å².